The minimum Gasteiger partial charge on any atom is -0.322 e. The van der Waals surface area contributed by atoms with Crippen LogP contribution in [0.2, 0.25) is 0 Å². The first kappa shape index (κ1) is 17.8. The zero-order valence-electron chi connectivity index (χ0n) is 15.9. The van der Waals surface area contributed by atoms with Gasteiger partial charge in [0.2, 0.25) is 11.8 Å². The summed E-state index contributed by atoms with van der Waals surface area (Å²) in [4.78, 5) is 40.7. The number of amides is 3. The zero-order valence-corrected chi connectivity index (χ0v) is 15.9. The van der Waals surface area contributed by atoms with Crippen molar-refractivity contribution in [3.8, 4) is 0 Å². The summed E-state index contributed by atoms with van der Waals surface area (Å²) in [5.41, 5.74) is 2.84. The highest BCUT2D eigenvalue weighted by molar-refractivity contribution is 6.05. The van der Waals surface area contributed by atoms with Crippen molar-refractivity contribution in [2.45, 2.75) is 50.9 Å². The van der Waals surface area contributed by atoms with Gasteiger partial charge in [0.05, 0.1) is 0 Å². The number of rotatable bonds is 4. The van der Waals surface area contributed by atoms with Gasteiger partial charge in [-0.2, -0.15) is 0 Å². The molecule has 5 rings (SSSR count). The number of piperidine rings is 1. The van der Waals surface area contributed by atoms with E-state index in [0.717, 1.165) is 43.2 Å². The largest absolute Gasteiger partial charge is 0.322 e. The average Bonchev–Trinajstić information content (AvgIpc) is 3.48. The van der Waals surface area contributed by atoms with Gasteiger partial charge in [-0.25, -0.2) is 0 Å². The molecule has 7 nitrogen and oxygen atoms in total. The Morgan fingerprint density at radius 3 is 2.75 bits per heavy atom. The van der Waals surface area contributed by atoms with Crippen LogP contribution in [0.3, 0.4) is 0 Å². The molecule has 0 aromatic heterocycles. The predicted octanol–water partition coefficient (Wildman–Crippen LogP) is 0.631. The van der Waals surface area contributed by atoms with Crippen LogP contribution in [0.1, 0.15) is 47.2 Å². The fourth-order valence-electron chi connectivity index (χ4n) is 4.84. The number of imide groups is 1. The molecule has 148 valence electrons. The number of fused-ring (bicyclic) bond motifs is 1. The van der Waals surface area contributed by atoms with Crippen LogP contribution in [-0.2, 0) is 22.7 Å². The van der Waals surface area contributed by atoms with Gasteiger partial charge in [-0.3, -0.25) is 24.6 Å². The number of carbonyl (C=O) groups excluding carboxylic acids is 3. The normalized spacial score (nSPS) is 28.4. The minimum atomic E-state index is -0.548. The Hall–Kier alpha value is -2.25. The van der Waals surface area contributed by atoms with Crippen LogP contribution in [0.25, 0.3) is 0 Å². The fourth-order valence-corrected chi connectivity index (χ4v) is 4.84. The van der Waals surface area contributed by atoms with Crippen molar-refractivity contribution in [2.24, 2.45) is 5.92 Å². The SMILES string of the molecule is O=C1CCC(N2Cc3ccc(CN4CCNCC4C4CC4)cc3C2=O)C(=O)N1. The van der Waals surface area contributed by atoms with E-state index in [0.29, 0.717) is 24.6 Å². The van der Waals surface area contributed by atoms with Gasteiger partial charge in [-0.15, -0.1) is 0 Å². The van der Waals surface area contributed by atoms with E-state index in [2.05, 4.69) is 21.6 Å². The molecule has 28 heavy (non-hydrogen) atoms. The van der Waals surface area contributed by atoms with Gasteiger partial charge in [0, 0.05) is 50.7 Å². The van der Waals surface area contributed by atoms with E-state index >= 15 is 0 Å². The molecule has 3 aliphatic heterocycles. The van der Waals surface area contributed by atoms with Crippen molar-refractivity contribution < 1.29 is 14.4 Å². The summed E-state index contributed by atoms with van der Waals surface area (Å²) in [5, 5.41) is 5.86. The topological polar surface area (TPSA) is 81.8 Å². The maximum absolute atomic E-state index is 13.0. The third-order valence-corrected chi connectivity index (χ3v) is 6.54. The number of nitrogens with zero attached hydrogens (tertiary/aromatic N) is 2. The number of nitrogens with one attached hydrogen (secondary N) is 2. The van der Waals surface area contributed by atoms with Crippen LogP contribution < -0.4 is 10.6 Å². The van der Waals surface area contributed by atoms with Gasteiger partial charge >= 0.3 is 0 Å². The van der Waals surface area contributed by atoms with Crippen LogP contribution in [-0.4, -0.2) is 59.2 Å². The van der Waals surface area contributed by atoms with E-state index < -0.39 is 6.04 Å². The fraction of sp³-hybridized carbons (Fsp3) is 0.571. The molecule has 2 unspecified atom stereocenters. The molecule has 2 saturated heterocycles. The molecule has 1 aromatic rings. The lowest BCUT2D eigenvalue weighted by molar-refractivity contribution is -0.136. The zero-order chi connectivity index (χ0) is 19.3. The molecule has 7 heteroatoms. The maximum atomic E-state index is 13.0. The molecule has 3 fully saturated rings. The third-order valence-electron chi connectivity index (χ3n) is 6.54. The second kappa shape index (κ2) is 6.97. The molecule has 0 spiro atoms. The van der Waals surface area contributed by atoms with E-state index in [-0.39, 0.29) is 24.1 Å². The molecule has 4 aliphatic rings. The lowest BCUT2D eigenvalue weighted by Crippen LogP contribution is -2.52. The average molecular weight is 382 g/mol. The second-order valence-corrected chi connectivity index (χ2v) is 8.47. The smallest absolute Gasteiger partial charge is 0.255 e. The molecular weight excluding hydrogens is 356 g/mol. The van der Waals surface area contributed by atoms with Gasteiger partial charge in [-0.1, -0.05) is 12.1 Å². The third kappa shape index (κ3) is 3.22. The summed E-state index contributed by atoms with van der Waals surface area (Å²) in [6.45, 7) is 4.41. The van der Waals surface area contributed by atoms with Crippen LogP contribution in [0.4, 0.5) is 0 Å². The van der Waals surface area contributed by atoms with Crippen molar-refractivity contribution in [3.63, 3.8) is 0 Å². The van der Waals surface area contributed by atoms with E-state index in [1.807, 2.05) is 12.1 Å². The molecule has 2 atom stereocenters. The van der Waals surface area contributed by atoms with Crippen molar-refractivity contribution in [2.75, 3.05) is 19.6 Å². The van der Waals surface area contributed by atoms with Crippen molar-refractivity contribution in [1.29, 1.82) is 0 Å². The Kier molecular flexibility index (Phi) is 4.44. The van der Waals surface area contributed by atoms with E-state index in [1.54, 1.807) is 4.90 Å². The monoisotopic (exact) mass is 382 g/mol. The quantitative estimate of drug-likeness (QED) is 0.747. The highest BCUT2D eigenvalue weighted by atomic mass is 16.2. The molecular formula is C21H26N4O3. The Morgan fingerprint density at radius 2 is 1.96 bits per heavy atom. The van der Waals surface area contributed by atoms with Crippen LogP contribution in [0.5, 0.6) is 0 Å². The van der Waals surface area contributed by atoms with E-state index in [4.69, 9.17) is 0 Å². The second-order valence-electron chi connectivity index (χ2n) is 8.47. The Labute approximate surface area is 164 Å². The first-order valence-electron chi connectivity index (χ1n) is 10.3. The lowest BCUT2D eigenvalue weighted by Gasteiger charge is -2.36. The first-order valence-corrected chi connectivity index (χ1v) is 10.3. The first-order chi connectivity index (χ1) is 13.6. The van der Waals surface area contributed by atoms with Crippen LogP contribution in [0.15, 0.2) is 18.2 Å². The van der Waals surface area contributed by atoms with Gasteiger partial charge in [-0.05, 0) is 42.4 Å². The summed E-state index contributed by atoms with van der Waals surface area (Å²) in [5.74, 6) is 0.108. The molecule has 1 aliphatic carbocycles. The number of carbonyl (C=O) groups is 3. The maximum Gasteiger partial charge on any atom is 0.255 e. The van der Waals surface area contributed by atoms with E-state index in [1.165, 1.54) is 12.8 Å². The molecule has 0 radical (unpaired) electrons. The summed E-state index contributed by atoms with van der Waals surface area (Å²) in [6.07, 6.45) is 3.34. The number of hydrogen-bond acceptors (Lipinski definition) is 5. The van der Waals surface area contributed by atoms with Crippen molar-refractivity contribution in [3.05, 3.63) is 34.9 Å². The summed E-state index contributed by atoms with van der Waals surface area (Å²) in [7, 11) is 0. The van der Waals surface area contributed by atoms with Gasteiger partial charge < -0.3 is 10.2 Å². The van der Waals surface area contributed by atoms with Crippen molar-refractivity contribution >= 4 is 17.7 Å². The Bertz CT molecular complexity index is 835. The minimum absolute atomic E-state index is 0.0922. The molecule has 3 amide bonds. The lowest BCUT2D eigenvalue weighted by atomic mass is 10.0. The molecule has 0 bridgehead atoms. The van der Waals surface area contributed by atoms with E-state index in [9.17, 15) is 14.4 Å². The standard InChI is InChI=1S/C21H26N4O3/c26-19-6-5-17(20(27)23-19)25-12-15-2-1-13(9-16(15)21(25)28)11-24-8-7-22-10-18(24)14-3-4-14/h1-2,9,14,17-18,22H,3-8,10-12H2,(H,23,26,27). The molecule has 2 N–H and O–H groups in total. The van der Waals surface area contributed by atoms with Crippen LogP contribution >= 0.6 is 0 Å². The highest BCUT2D eigenvalue weighted by Crippen LogP contribution is 2.36. The van der Waals surface area contributed by atoms with Gasteiger partial charge in [0.1, 0.15) is 6.04 Å². The molecule has 1 aromatic carbocycles. The van der Waals surface area contributed by atoms with Gasteiger partial charge in [0.25, 0.3) is 5.91 Å². The molecule has 1 saturated carbocycles. The summed E-state index contributed by atoms with van der Waals surface area (Å²) < 4.78 is 0. The number of hydrogen-bond donors (Lipinski definition) is 2. The predicted molar refractivity (Wildman–Crippen MR) is 102 cm³/mol. The summed E-state index contributed by atoms with van der Waals surface area (Å²) in [6, 6.07) is 6.20. The van der Waals surface area contributed by atoms with Crippen LogP contribution in [0, 0.1) is 5.92 Å². The Morgan fingerprint density at radius 1 is 1.11 bits per heavy atom. The van der Waals surface area contributed by atoms with Gasteiger partial charge in [0.15, 0.2) is 0 Å². The molecule has 3 heterocycles. The van der Waals surface area contributed by atoms with Crippen molar-refractivity contribution in [1.82, 2.24) is 20.4 Å². The number of benzene rings is 1. The number of piperazine rings is 1. The Balaban J connectivity index is 1.32. The highest BCUT2D eigenvalue weighted by Gasteiger charge is 2.40. The summed E-state index contributed by atoms with van der Waals surface area (Å²) >= 11 is 0.